The Balaban J connectivity index is 1.76. The molecule has 0 radical (unpaired) electrons. The zero-order valence-corrected chi connectivity index (χ0v) is 14.1. The highest BCUT2D eigenvalue weighted by atomic mass is 35.5. The summed E-state index contributed by atoms with van der Waals surface area (Å²) >= 11 is 5.79. The average molecular weight is 375 g/mol. The van der Waals surface area contributed by atoms with Gasteiger partial charge < -0.3 is 10.2 Å². The lowest BCUT2D eigenvalue weighted by Gasteiger charge is -2.31. The van der Waals surface area contributed by atoms with Crippen LogP contribution in [-0.4, -0.2) is 42.5 Å². The normalized spacial score (nSPS) is 16.2. The predicted octanol–water partition coefficient (Wildman–Crippen LogP) is 3.27. The Morgan fingerprint density at radius 2 is 1.80 bits per heavy atom. The van der Waals surface area contributed by atoms with E-state index in [4.69, 9.17) is 11.6 Å². The molecule has 8 heteroatoms. The topological polar surface area (TPSA) is 49.4 Å². The van der Waals surface area contributed by atoms with Gasteiger partial charge in [-0.05, 0) is 42.5 Å². The van der Waals surface area contributed by atoms with Crippen LogP contribution in [0.3, 0.4) is 0 Å². The molecule has 0 aliphatic carbocycles. The van der Waals surface area contributed by atoms with Gasteiger partial charge in [-0.3, -0.25) is 9.59 Å². The Bertz CT molecular complexity index is 636. The largest absolute Gasteiger partial charge is 0.471 e. The van der Waals surface area contributed by atoms with Gasteiger partial charge in [0.2, 0.25) is 5.91 Å². The lowest BCUT2D eigenvalue weighted by molar-refractivity contribution is -0.173. The van der Waals surface area contributed by atoms with Crippen molar-refractivity contribution < 1.29 is 22.8 Å². The second kappa shape index (κ2) is 8.38. The van der Waals surface area contributed by atoms with Crippen LogP contribution in [0.1, 0.15) is 18.4 Å². The van der Waals surface area contributed by atoms with E-state index < -0.39 is 12.1 Å². The van der Waals surface area contributed by atoms with E-state index in [1.807, 2.05) is 5.32 Å². The number of piperidine rings is 1. The molecular weight excluding hydrogens is 357 g/mol. The van der Waals surface area contributed by atoms with Gasteiger partial charge in [-0.15, -0.1) is 0 Å². The van der Waals surface area contributed by atoms with Gasteiger partial charge in [-0.2, -0.15) is 13.2 Å². The van der Waals surface area contributed by atoms with E-state index in [2.05, 4.69) is 0 Å². The van der Waals surface area contributed by atoms with E-state index in [9.17, 15) is 22.8 Å². The van der Waals surface area contributed by atoms with Gasteiger partial charge in [0.1, 0.15) is 0 Å². The first kappa shape index (κ1) is 19.3. The molecule has 0 bridgehead atoms. The van der Waals surface area contributed by atoms with Gasteiger partial charge in [0.15, 0.2) is 0 Å². The molecule has 4 nitrogen and oxygen atoms in total. The second-order valence-electron chi connectivity index (χ2n) is 5.86. The second-order valence-corrected chi connectivity index (χ2v) is 6.30. The maximum atomic E-state index is 12.1. The first-order valence-electron chi connectivity index (χ1n) is 7.83. The summed E-state index contributed by atoms with van der Waals surface area (Å²) in [6.07, 6.45) is -0.594. The molecule has 0 aromatic heterocycles. The maximum Gasteiger partial charge on any atom is 0.471 e. The number of hydrogen-bond donors (Lipinski definition) is 1. The smallest absolute Gasteiger partial charge is 0.348 e. The molecule has 2 amide bonds. The molecule has 0 saturated carbocycles. The number of rotatable bonds is 4. The third-order valence-electron chi connectivity index (χ3n) is 4.02. The number of carbonyl (C=O) groups is 2. The van der Waals surface area contributed by atoms with E-state index in [1.165, 1.54) is 6.08 Å². The lowest BCUT2D eigenvalue weighted by Crippen LogP contribution is -2.43. The third kappa shape index (κ3) is 6.08. The number of nitrogens with zero attached hydrogens (tertiary/aromatic N) is 1. The lowest BCUT2D eigenvalue weighted by atomic mass is 9.96. The van der Waals surface area contributed by atoms with Crippen molar-refractivity contribution in [3.8, 4) is 0 Å². The summed E-state index contributed by atoms with van der Waals surface area (Å²) in [6.45, 7) is 0.883. The fraction of sp³-hybridized carbons (Fsp3) is 0.412. The Kier molecular flexibility index (Phi) is 6.47. The standard InChI is InChI=1S/C17H18ClF3N2O2/c18-14-4-1-12(2-5-14)3-6-15(24)23-9-7-13(8-10-23)11-22-16(25)17(19,20)21/h1-6,13H,7-11H2,(H,22,25)/b6-3+. The van der Waals surface area contributed by atoms with Gasteiger partial charge in [0, 0.05) is 30.7 Å². The average Bonchev–Trinajstić information content (AvgIpc) is 2.58. The monoisotopic (exact) mass is 374 g/mol. The molecule has 1 saturated heterocycles. The van der Waals surface area contributed by atoms with Crippen LogP contribution in [0.2, 0.25) is 5.02 Å². The summed E-state index contributed by atoms with van der Waals surface area (Å²) in [6, 6.07) is 7.04. The van der Waals surface area contributed by atoms with Crippen molar-refractivity contribution in [2.75, 3.05) is 19.6 Å². The summed E-state index contributed by atoms with van der Waals surface area (Å²) in [5.41, 5.74) is 0.850. The van der Waals surface area contributed by atoms with E-state index in [-0.39, 0.29) is 18.4 Å². The molecule has 1 aromatic rings. The Labute approximate surface area is 148 Å². The van der Waals surface area contributed by atoms with E-state index in [0.717, 1.165) is 5.56 Å². The molecule has 1 heterocycles. The third-order valence-corrected chi connectivity index (χ3v) is 4.28. The van der Waals surface area contributed by atoms with E-state index in [1.54, 1.807) is 35.2 Å². The number of alkyl halides is 3. The van der Waals surface area contributed by atoms with Crippen molar-refractivity contribution in [1.82, 2.24) is 10.2 Å². The number of halogens is 4. The predicted molar refractivity (Wildman–Crippen MR) is 88.9 cm³/mol. The minimum atomic E-state index is -4.86. The molecule has 1 aromatic carbocycles. The number of hydrogen-bond acceptors (Lipinski definition) is 2. The Hall–Kier alpha value is -2.02. The first-order valence-corrected chi connectivity index (χ1v) is 8.21. The molecular formula is C17H18ClF3N2O2. The number of carbonyl (C=O) groups excluding carboxylic acids is 2. The molecule has 1 aliphatic heterocycles. The van der Waals surface area contributed by atoms with E-state index >= 15 is 0 Å². The molecule has 0 spiro atoms. The highest BCUT2D eigenvalue weighted by Crippen LogP contribution is 2.19. The number of benzene rings is 1. The van der Waals surface area contributed by atoms with Gasteiger partial charge in [0.05, 0.1) is 0 Å². The van der Waals surface area contributed by atoms with Crippen molar-refractivity contribution in [3.63, 3.8) is 0 Å². The number of nitrogens with one attached hydrogen (secondary N) is 1. The van der Waals surface area contributed by atoms with Crippen LogP contribution < -0.4 is 5.32 Å². The highest BCUT2D eigenvalue weighted by Gasteiger charge is 2.38. The van der Waals surface area contributed by atoms with Crippen LogP contribution in [0.25, 0.3) is 6.08 Å². The zero-order valence-electron chi connectivity index (χ0n) is 13.4. The molecule has 1 N–H and O–H groups in total. The molecule has 0 atom stereocenters. The van der Waals surface area contributed by atoms with Crippen LogP contribution >= 0.6 is 11.6 Å². The quantitative estimate of drug-likeness (QED) is 0.822. The zero-order chi connectivity index (χ0) is 18.4. The summed E-state index contributed by atoms with van der Waals surface area (Å²) in [7, 11) is 0. The van der Waals surface area contributed by atoms with Gasteiger partial charge in [-0.25, -0.2) is 0 Å². The maximum absolute atomic E-state index is 12.1. The Morgan fingerprint density at radius 1 is 1.20 bits per heavy atom. The molecule has 0 unspecified atom stereocenters. The molecule has 1 aliphatic rings. The molecule has 25 heavy (non-hydrogen) atoms. The van der Waals surface area contributed by atoms with Gasteiger partial charge >= 0.3 is 12.1 Å². The number of likely N-dealkylation sites (tertiary alicyclic amines) is 1. The van der Waals surface area contributed by atoms with Crippen LogP contribution in [0.15, 0.2) is 30.3 Å². The minimum absolute atomic E-state index is 0.0268. The molecule has 2 rings (SSSR count). The van der Waals surface area contributed by atoms with Crippen LogP contribution in [-0.2, 0) is 9.59 Å². The first-order chi connectivity index (χ1) is 11.8. The highest BCUT2D eigenvalue weighted by molar-refractivity contribution is 6.30. The minimum Gasteiger partial charge on any atom is -0.348 e. The summed E-state index contributed by atoms with van der Waals surface area (Å²) in [5, 5.41) is 2.51. The number of amides is 2. The van der Waals surface area contributed by atoms with Crippen molar-refractivity contribution in [2.45, 2.75) is 19.0 Å². The Morgan fingerprint density at radius 3 is 2.36 bits per heavy atom. The van der Waals surface area contributed by atoms with E-state index in [0.29, 0.717) is 31.0 Å². The van der Waals surface area contributed by atoms with Crippen LogP contribution in [0.4, 0.5) is 13.2 Å². The van der Waals surface area contributed by atoms with Crippen molar-refractivity contribution in [2.24, 2.45) is 5.92 Å². The van der Waals surface area contributed by atoms with Crippen LogP contribution in [0.5, 0.6) is 0 Å². The summed E-state index contributed by atoms with van der Waals surface area (Å²) in [5.74, 6) is -2.12. The van der Waals surface area contributed by atoms with Gasteiger partial charge in [-0.1, -0.05) is 23.7 Å². The molecule has 1 fully saturated rings. The van der Waals surface area contributed by atoms with Crippen molar-refractivity contribution in [1.29, 1.82) is 0 Å². The van der Waals surface area contributed by atoms with Crippen molar-refractivity contribution >= 4 is 29.5 Å². The fourth-order valence-corrected chi connectivity index (χ4v) is 2.67. The fourth-order valence-electron chi connectivity index (χ4n) is 2.54. The van der Waals surface area contributed by atoms with Gasteiger partial charge in [0.25, 0.3) is 0 Å². The summed E-state index contributed by atoms with van der Waals surface area (Å²) in [4.78, 5) is 24.6. The molecule has 136 valence electrons. The SMILES string of the molecule is O=C(/C=C/c1ccc(Cl)cc1)N1CCC(CNC(=O)C(F)(F)F)CC1. The van der Waals surface area contributed by atoms with Crippen molar-refractivity contribution in [3.05, 3.63) is 40.9 Å². The van der Waals surface area contributed by atoms with Crippen LogP contribution in [0, 0.1) is 5.92 Å². The summed E-state index contributed by atoms with van der Waals surface area (Å²) < 4.78 is 36.4.